The molecule has 4 aliphatic carbocycles. The van der Waals surface area contributed by atoms with E-state index in [1.165, 1.54) is 38.5 Å². The summed E-state index contributed by atoms with van der Waals surface area (Å²) in [5, 5.41) is 2.80. The maximum Gasteiger partial charge on any atom is 0.309 e. The molecule has 4 bridgehead atoms. The van der Waals surface area contributed by atoms with Gasteiger partial charge in [0.15, 0.2) is 0 Å². The average Bonchev–Trinajstić information content (AvgIpc) is 2.12. The third-order valence-electron chi connectivity index (χ3n) is 4.70. The van der Waals surface area contributed by atoms with Gasteiger partial charge in [-0.25, -0.2) is 0 Å². The van der Waals surface area contributed by atoms with E-state index in [0.29, 0.717) is 5.41 Å². The van der Waals surface area contributed by atoms with Crippen molar-refractivity contribution < 1.29 is 4.79 Å². The third kappa shape index (κ3) is 1.27. The number of hydrogen-bond donors (Lipinski definition) is 1. The Bertz CT molecular complexity index is 213. The topological polar surface area (TPSA) is 29.1 Å². The first-order chi connectivity index (χ1) is 6.80. The van der Waals surface area contributed by atoms with Gasteiger partial charge in [0.1, 0.15) is 0 Å². The minimum absolute atomic E-state index is 0.478. The molecule has 0 atom stereocenters. The average molecular weight is 192 g/mol. The van der Waals surface area contributed by atoms with Gasteiger partial charge in [0.2, 0.25) is 0 Å². The zero-order valence-electron chi connectivity index (χ0n) is 8.59. The summed E-state index contributed by atoms with van der Waals surface area (Å²) in [6.45, 7) is 0.889. The first kappa shape index (κ1) is 8.75. The summed E-state index contributed by atoms with van der Waals surface area (Å²) in [7, 11) is 0. The van der Waals surface area contributed by atoms with Crippen LogP contribution in [0.2, 0.25) is 0 Å². The van der Waals surface area contributed by atoms with Crippen LogP contribution in [0, 0.1) is 23.2 Å². The summed E-state index contributed by atoms with van der Waals surface area (Å²) in [6, 6.07) is 0. The van der Waals surface area contributed by atoms with Crippen molar-refractivity contribution in [2.45, 2.75) is 38.5 Å². The fourth-order valence-corrected chi connectivity index (χ4v) is 4.73. The van der Waals surface area contributed by atoms with Crippen molar-refractivity contribution in [3.63, 3.8) is 0 Å². The Hall–Kier alpha value is -0.530. The van der Waals surface area contributed by atoms with E-state index in [9.17, 15) is 4.79 Å². The van der Waals surface area contributed by atoms with Gasteiger partial charge in [-0.05, 0) is 61.7 Å². The lowest BCUT2D eigenvalue weighted by Crippen LogP contribution is -2.50. The van der Waals surface area contributed by atoms with Gasteiger partial charge < -0.3 is 5.32 Å². The molecule has 0 heterocycles. The number of carbonyl (C=O) groups excluding carboxylic acids is 1. The molecule has 0 unspecified atom stereocenters. The number of rotatable bonds is 3. The highest BCUT2D eigenvalue weighted by Gasteiger charge is 2.50. The first-order valence-electron chi connectivity index (χ1n) is 5.90. The molecular formula is C12H18NO. The van der Waals surface area contributed by atoms with E-state index in [-0.39, 0.29) is 0 Å². The fraction of sp³-hybridized carbons (Fsp3) is 0.917. The van der Waals surface area contributed by atoms with Crippen molar-refractivity contribution in [1.82, 2.24) is 5.32 Å². The van der Waals surface area contributed by atoms with Gasteiger partial charge in [-0.1, -0.05) is 0 Å². The summed E-state index contributed by atoms with van der Waals surface area (Å²) in [4.78, 5) is 10.3. The molecule has 0 saturated heterocycles. The summed E-state index contributed by atoms with van der Waals surface area (Å²) in [5.74, 6) is 2.94. The molecule has 1 N–H and O–H groups in total. The van der Waals surface area contributed by atoms with Gasteiger partial charge in [-0.3, -0.25) is 4.79 Å². The van der Waals surface area contributed by atoms with E-state index in [1.807, 2.05) is 6.41 Å². The van der Waals surface area contributed by atoms with Crippen molar-refractivity contribution in [3.05, 3.63) is 0 Å². The zero-order valence-corrected chi connectivity index (χ0v) is 8.59. The molecule has 2 heteroatoms. The van der Waals surface area contributed by atoms with Crippen molar-refractivity contribution in [3.8, 4) is 0 Å². The standard InChI is InChI=1S/C12H18NO/c14-8-13-7-12-4-9-1-10(5-12)3-11(2-9)6-12/h9-11H,1-7H2,(H,13,14). The van der Waals surface area contributed by atoms with Crippen LogP contribution in [0.5, 0.6) is 0 Å². The van der Waals surface area contributed by atoms with Gasteiger partial charge in [-0.2, -0.15) is 0 Å². The van der Waals surface area contributed by atoms with Gasteiger partial charge in [0.05, 0.1) is 0 Å². The molecule has 4 saturated carbocycles. The third-order valence-corrected chi connectivity index (χ3v) is 4.70. The first-order valence-corrected chi connectivity index (χ1v) is 5.90. The van der Waals surface area contributed by atoms with E-state index in [1.54, 1.807) is 0 Å². The minimum atomic E-state index is 0.478. The Morgan fingerprint density at radius 3 is 2.00 bits per heavy atom. The second kappa shape index (κ2) is 2.98. The lowest BCUT2D eigenvalue weighted by molar-refractivity contribution is -0.0491. The quantitative estimate of drug-likeness (QED) is 0.679. The van der Waals surface area contributed by atoms with Crippen LogP contribution in [0.1, 0.15) is 38.5 Å². The van der Waals surface area contributed by atoms with Crippen LogP contribution in [0.25, 0.3) is 0 Å². The molecule has 14 heavy (non-hydrogen) atoms. The van der Waals surface area contributed by atoms with Gasteiger partial charge in [-0.15, -0.1) is 0 Å². The molecule has 2 nitrogen and oxygen atoms in total. The molecule has 77 valence electrons. The molecule has 0 spiro atoms. The van der Waals surface area contributed by atoms with Gasteiger partial charge >= 0.3 is 6.41 Å². The molecule has 0 aromatic rings. The monoisotopic (exact) mass is 192 g/mol. The maximum absolute atomic E-state index is 10.3. The van der Waals surface area contributed by atoms with Crippen molar-refractivity contribution in [2.24, 2.45) is 23.2 Å². The maximum atomic E-state index is 10.3. The van der Waals surface area contributed by atoms with Crippen molar-refractivity contribution >= 4 is 6.41 Å². The predicted molar refractivity (Wildman–Crippen MR) is 54.3 cm³/mol. The van der Waals surface area contributed by atoms with Crippen molar-refractivity contribution in [2.75, 3.05) is 6.54 Å². The molecule has 0 aliphatic heterocycles. The summed E-state index contributed by atoms with van der Waals surface area (Å²) in [6.07, 6.45) is 10.4. The Balaban J connectivity index is 1.77. The largest absolute Gasteiger partial charge is 0.347 e. The predicted octanol–water partition coefficient (Wildman–Crippen LogP) is 1.86. The molecule has 1 radical (unpaired) electrons. The van der Waals surface area contributed by atoms with Crippen LogP contribution < -0.4 is 5.32 Å². The number of hydrogen-bond acceptors (Lipinski definition) is 1. The second-order valence-electron chi connectivity index (χ2n) is 5.87. The Morgan fingerprint density at radius 2 is 1.57 bits per heavy atom. The van der Waals surface area contributed by atoms with Gasteiger partial charge in [0, 0.05) is 6.54 Å². The molecular weight excluding hydrogens is 174 g/mol. The SMILES string of the molecule is O=[C]NCC12CC3CC(CC(C3)C1)C2. The number of nitrogens with one attached hydrogen (secondary N) is 1. The van der Waals surface area contributed by atoms with E-state index in [4.69, 9.17) is 0 Å². The molecule has 0 aromatic heterocycles. The normalized spacial score (nSPS) is 49.3. The smallest absolute Gasteiger partial charge is 0.309 e. The number of amides is 1. The van der Waals surface area contributed by atoms with Crippen LogP contribution in [-0.4, -0.2) is 13.0 Å². The molecule has 0 aromatic carbocycles. The van der Waals surface area contributed by atoms with Gasteiger partial charge in [0.25, 0.3) is 0 Å². The van der Waals surface area contributed by atoms with Crippen LogP contribution in [-0.2, 0) is 4.79 Å². The Kier molecular flexibility index (Phi) is 1.86. The van der Waals surface area contributed by atoms with E-state index < -0.39 is 0 Å². The summed E-state index contributed by atoms with van der Waals surface area (Å²) >= 11 is 0. The highest BCUT2D eigenvalue weighted by Crippen LogP contribution is 2.59. The van der Waals surface area contributed by atoms with E-state index >= 15 is 0 Å². The van der Waals surface area contributed by atoms with Crippen LogP contribution in [0.15, 0.2) is 0 Å². The Labute approximate surface area is 85.4 Å². The summed E-state index contributed by atoms with van der Waals surface area (Å²) in [5.41, 5.74) is 0.478. The minimum Gasteiger partial charge on any atom is -0.347 e. The van der Waals surface area contributed by atoms with Crippen LogP contribution in [0.4, 0.5) is 0 Å². The summed E-state index contributed by atoms with van der Waals surface area (Å²) < 4.78 is 0. The fourth-order valence-electron chi connectivity index (χ4n) is 4.73. The molecule has 4 aliphatic rings. The second-order valence-corrected chi connectivity index (χ2v) is 5.87. The zero-order chi connectivity index (χ0) is 9.60. The van der Waals surface area contributed by atoms with Crippen LogP contribution in [0.3, 0.4) is 0 Å². The highest BCUT2D eigenvalue weighted by molar-refractivity contribution is 5.47. The lowest BCUT2D eigenvalue weighted by Gasteiger charge is -2.56. The molecule has 4 rings (SSSR count). The molecule has 1 amide bonds. The molecule has 4 fully saturated rings. The van der Waals surface area contributed by atoms with E-state index in [2.05, 4.69) is 5.32 Å². The van der Waals surface area contributed by atoms with Crippen molar-refractivity contribution in [1.29, 1.82) is 0 Å². The van der Waals surface area contributed by atoms with Crippen LogP contribution >= 0.6 is 0 Å². The lowest BCUT2D eigenvalue weighted by atomic mass is 9.49. The highest BCUT2D eigenvalue weighted by atomic mass is 16.1. The Morgan fingerprint density at radius 1 is 1.07 bits per heavy atom. The van der Waals surface area contributed by atoms with E-state index in [0.717, 1.165) is 24.3 Å².